The van der Waals surface area contributed by atoms with Crippen LogP contribution in [0.25, 0.3) is 0 Å². The second-order valence-electron chi connectivity index (χ2n) is 6.33. The monoisotopic (exact) mass is 422 g/mol. The Morgan fingerprint density at radius 2 is 1.52 bits per heavy atom. The average Bonchev–Trinajstić information content (AvgIpc) is 3.50. The van der Waals surface area contributed by atoms with Gasteiger partial charge < -0.3 is 14.6 Å². The van der Waals surface area contributed by atoms with Crippen LogP contribution in [0.3, 0.4) is 0 Å². The smallest absolute Gasteiger partial charge is 0.291 e. The van der Waals surface area contributed by atoms with Gasteiger partial charge in [-0.25, -0.2) is 0 Å². The van der Waals surface area contributed by atoms with Gasteiger partial charge in [0.1, 0.15) is 0 Å². The number of furan rings is 1. The Morgan fingerprint density at radius 3 is 2.03 bits per heavy atom. The molecule has 4 rings (SSSR count). The van der Waals surface area contributed by atoms with Gasteiger partial charge in [-0.3, -0.25) is 9.59 Å². The van der Waals surface area contributed by atoms with E-state index in [1.165, 1.54) is 6.26 Å². The zero-order valence-electron chi connectivity index (χ0n) is 15.4. The topological polar surface area (TPSA) is 62.6 Å². The second-order valence-corrected chi connectivity index (χ2v) is 8.39. The van der Waals surface area contributed by atoms with Gasteiger partial charge in [0, 0.05) is 21.0 Å². The predicted octanol–water partition coefficient (Wildman–Crippen LogP) is 5.50. The first-order chi connectivity index (χ1) is 14.2. The molecule has 0 aliphatic heterocycles. The van der Waals surface area contributed by atoms with E-state index in [0.717, 1.165) is 9.75 Å². The van der Waals surface area contributed by atoms with Gasteiger partial charge in [0.05, 0.1) is 19.4 Å². The third kappa shape index (κ3) is 4.82. The molecule has 0 aliphatic rings. The van der Waals surface area contributed by atoms with Crippen LogP contribution in [-0.2, 0) is 13.1 Å². The molecule has 4 aromatic rings. The number of anilines is 1. The van der Waals surface area contributed by atoms with E-state index in [4.69, 9.17) is 4.42 Å². The molecule has 1 aromatic carbocycles. The molecule has 2 amide bonds. The van der Waals surface area contributed by atoms with E-state index in [1.54, 1.807) is 59.1 Å². The molecular weight excluding hydrogens is 404 g/mol. The third-order valence-corrected chi connectivity index (χ3v) is 6.00. The number of nitrogens with one attached hydrogen (secondary N) is 1. The van der Waals surface area contributed by atoms with Gasteiger partial charge in [-0.2, -0.15) is 0 Å². The molecule has 3 aromatic heterocycles. The van der Waals surface area contributed by atoms with Crippen molar-refractivity contribution in [3.05, 3.63) is 98.8 Å². The van der Waals surface area contributed by atoms with Gasteiger partial charge >= 0.3 is 0 Å². The molecule has 3 heterocycles. The zero-order valence-corrected chi connectivity index (χ0v) is 17.0. The maximum atomic E-state index is 13.2. The summed E-state index contributed by atoms with van der Waals surface area (Å²) in [5.74, 6) is -0.134. The van der Waals surface area contributed by atoms with Crippen LogP contribution in [0.2, 0.25) is 0 Å². The molecule has 5 nitrogen and oxygen atoms in total. The number of hydrogen-bond donors (Lipinski definition) is 1. The Kier molecular flexibility index (Phi) is 5.88. The lowest BCUT2D eigenvalue weighted by Crippen LogP contribution is -2.29. The summed E-state index contributed by atoms with van der Waals surface area (Å²) < 4.78 is 5.09. The number of carbonyl (C=O) groups is 2. The highest BCUT2D eigenvalue weighted by Crippen LogP contribution is 2.20. The highest BCUT2D eigenvalue weighted by atomic mass is 32.1. The summed E-state index contributed by atoms with van der Waals surface area (Å²) in [5.41, 5.74) is 1.18. The van der Waals surface area contributed by atoms with Crippen LogP contribution < -0.4 is 5.32 Å². The summed E-state index contributed by atoms with van der Waals surface area (Å²) in [6, 6.07) is 18.2. The fourth-order valence-corrected chi connectivity index (χ4v) is 4.30. The first-order valence-electron chi connectivity index (χ1n) is 8.98. The molecule has 0 fully saturated rings. The van der Waals surface area contributed by atoms with Gasteiger partial charge in [0.15, 0.2) is 5.76 Å². The average molecular weight is 423 g/mol. The number of carbonyl (C=O) groups excluding carboxylic acids is 2. The van der Waals surface area contributed by atoms with Crippen LogP contribution in [0.4, 0.5) is 5.69 Å². The van der Waals surface area contributed by atoms with E-state index >= 15 is 0 Å². The van der Waals surface area contributed by atoms with Gasteiger partial charge in [-0.1, -0.05) is 12.1 Å². The molecule has 0 atom stereocenters. The Hall–Kier alpha value is -3.16. The van der Waals surface area contributed by atoms with Gasteiger partial charge in [-0.15, -0.1) is 22.7 Å². The predicted molar refractivity (Wildman–Crippen MR) is 115 cm³/mol. The van der Waals surface area contributed by atoms with Crippen molar-refractivity contribution >= 4 is 40.2 Å². The third-order valence-electron chi connectivity index (χ3n) is 4.28. The van der Waals surface area contributed by atoms with Crippen molar-refractivity contribution in [3.8, 4) is 0 Å². The maximum Gasteiger partial charge on any atom is 0.291 e. The summed E-state index contributed by atoms with van der Waals surface area (Å²) in [6.45, 7) is 1.12. The Balaban J connectivity index is 1.48. The van der Waals surface area contributed by atoms with Crippen molar-refractivity contribution in [2.24, 2.45) is 0 Å². The van der Waals surface area contributed by atoms with Crippen LogP contribution >= 0.6 is 22.7 Å². The van der Waals surface area contributed by atoms with Crippen molar-refractivity contribution in [3.63, 3.8) is 0 Å². The first kappa shape index (κ1) is 19.2. The minimum atomic E-state index is -0.328. The van der Waals surface area contributed by atoms with E-state index in [1.807, 2.05) is 39.9 Å². The van der Waals surface area contributed by atoms with Crippen molar-refractivity contribution in [1.29, 1.82) is 0 Å². The molecule has 0 bridgehead atoms. The van der Waals surface area contributed by atoms with Crippen molar-refractivity contribution in [2.75, 3.05) is 5.32 Å². The number of amides is 2. The van der Waals surface area contributed by atoms with Crippen molar-refractivity contribution in [2.45, 2.75) is 13.1 Å². The number of thiophene rings is 2. The normalized spacial score (nSPS) is 10.6. The van der Waals surface area contributed by atoms with Crippen molar-refractivity contribution in [1.82, 2.24) is 4.90 Å². The largest absolute Gasteiger partial charge is 0.459 e. The fraction of sp³-hybridized carbons (Fsp3) is 0.0909. The fourth-order valence-electron chi connectivity index (χ4n) is 2.86. The highest BCUT2D eigenvalue weighted by molar-refractivity contribution is 7.10. The number of nitrogens with zero attached hydrogens (tertiary/aromatic N) is 1. The minimum absolute atomic E-state index is 0.0456. The van der Waals surface area contributed by atoms with E-state index in [2.05, 4.69) is 5.32 Å². The Morgan fingerprint density at radius 1 is 0.862 bits per heavy atom. The quantitative estimate of drug-likeness (QED) is 0.428. The van der Waals surface area contributed by atoms with E-state index in [9.17, 15) is 9.59 Å². The first-order valence-corrected chi connectivity index (χ1v) is 10.7. The molecule has 0 spiro atoms. The van der Waals surface area contributed by atoms with Crippen molar-refractivity contribution < 1.29 is 14.0 Å². The minimum Gasteiger partial charge on any atom is -0.459 e. The molecule has 1 N–H and O–H groups in total. The Bertz CT molecular complexity index is 1020. The van der Waals surface area contributed by atoms with Crippen LogP contribution in [0.5, 0.6) is 0 Å². The van der Waals surface area contributed by atoms with E-state index < -0.39 is 0 Å². The zero-order chi connectivity index (χ0) is 20.1. The molecule has 146 valence electrons. The van der Waals surface area contributed by atoms with Crippen LogP contribution in [0.15, 0.2) is 82.1 Å². The number of rotatable bonds is 7. The molecule has 0 saturated carbocycles. The molecular formula is C22H18N2O3S2. The van der Waals surface area contributed by atoms with Gasteiger partial charge in [-0.05, 0) is 59.3 Å². The summed E-state index contributed by atoms with van der Waals surface area (Å²) >= 11 is 3.28. The van der Waals surface area contributed by atoms with Gasteiger partial charge in [0.25, 0.3) is 11.8 Å². The lowest BCUT2D eigenvalue weighted by molar-refractivity contribution is 0.0733. The molecule has 0 saturated heterocycles. The molecule has 0 unspecified atom stereocenters. The van der Waals surface area contributed by atoms with Crippen LogP contribution in [0, 0.1) is 0 Å². The molecule has 7 heteroatoms. The summed E-state index contributed by atoms with van der Waals surface area (Å²) in [7, 11) is 0. The maximum absolute atomic E-state index is 13.2. The summed E-state index contributed by atoms with van der Waals surface area (Å²) in [6.07, 6.45) is 1.45. The number of hydrogen-bond acceptors (Lipinski definition) is 5. The SMILES string of the molecule is O=C(Nc1ccc(C(=O)N(Cc2cccs2)Cc2cccs2)cc1)c1ccco1. The molecule has 29 heavy (non-hydrogen) atoms. The standard InChI is InChI=1S/C22H18N2O3S2/c25-21(20-6-1-11-27-20)23-17-9-7-16(8-10-17)22(26)24(14-18-4-2-12-28-18)15-19-5-3-13-29-19/h1-13H,14-15H2,(H,23,25). The number of benzene rings is 1. The lowest BCUT2D eigenvalue weighted by atomic mass is 10.1. The van der Waals surface area contributed by atoms with Crippen LogP contribution in [0.1, 0.15) is 30.7 Å². The summed E-state index contributed by atoms with van der Waals surface area (Å²) in [4.78, 5) is 29.3. The van der Waals surface area contributed by atoms with E-state index in [-0.39, 0.29) is 17.6 Å². The second kappa shape index (κ2) is 8.89. The van der Waals surface area contributed by atoms with Gasteiger partial charge in [0.2, 0.25) is 0 Å². The Labute approximate surface area is 176 Å². The summed E-state index contributed by atoms with van der Waals surface area (Å²) in [5, 5.41) is 6.79. The molecule has 0 aliphatic carbocycles. The van der Waals surface area contributed by atoms with E-state index in [0.29, 0.717) is 24.3 Å². The molecule has 0 radical (unpaired) electrons. The highest BCUT2D eigenvalue weighted by Gasteiger charge is 2.18. The van der Waals surface area contributed by atoms with Crippen LogP contribution in [-0.4, -0.2) is 16.7 Å². The lowest BCUT2D eigenvalue weighted by Gasteiger charge is -2.22.